The van der Waals surface area contributed by atoms with Crippen molar-refractivity contribution in [2.24, 2.45) is 0 Å². The van der Waals surface area contributed by atoms with Gasteiger partial charge in [0.05, 0.1) is 11.3 Å². The maximum absolute atomic E-state index is 12.2. The van der Waals surface area contributed by atoms with Gasteiger partial charge in [-0.3, -0.25) is 9.69 Å². The molecule has 0 atom stereocenters. The van der Waals surface area contributed by atoms with Crippen LogP contribution in [0.5, 0.6) is 5.75 Å². The Labute approximate surface area is 204 Å². The standard InChI is InChI=1S/C24H30ClN5O2S/c1-15-9-17(10-20-22(15)32-13-19-23(25)26-14-27-24(19)28-20)16-3-6-29(7-4-16)18-11-30(12-18)21(31)5-8-33-2/h9-10,14,16,18H,3-8,11-13H2,1-2H3,(H,26,27,28). The van der Waals surface area contributed by atoms with E-state index < -0.39 is 0 Å². The highest BCUT2D eigenvalue weighted by atomic mass is 35.5. The van der Waals surface area contributed by atoms with Crippen LogP contribution >= 0.6 is 23.4 Å². The Bertz CT molecular complexity index is 1040. The number of aryl methyl sites for hydroxylation is 1. The molecule has 5 rings (SSSR count). The number of halogens is 1. The Balaban J connectivity index is 1.22. The fourth-order valence-corrected chi connectivity index (χ4v) is 5.62. The average molecular weight is 488 g/mol. The number of rotatable bonds is 5. The van der Waals surface area contributed by atoms with Gasteiger partial charge in [0.15, 0.2) is 0 Å². The van der Waals surface area contributed by atoms with Crippen molar-refractivity contribution in [3.05, 3.63) is 40.3 Å². The number of nitrogens with zero attached hydrogens (tertiary/aromatic N) is 4. The third-order valence-electron chi connectivity index (χ3n) is 7.06. The SMILES string of the molecule is CSCCC(=O)N1CC(N2CCC(c3cc(C)c4c(c3)Nc3ncnc(Cl)c3CO4)CC2)C1. The van der Waals surface area contributed by atoms with Crippen LogP contribution in [-0.2, 0) is 11.4 Å². The van der Waals surface area contributed by atoms with Crippen LogP contribution < -0.4 is 10.1 Å². The Hall–Kier alpha value is -2.03. The number of carbonyl (C=O) groups is 1. The largest absolute Gasteiger partial charge is 0.486 e. The van der Waals surface area contributed by atoms with Crippen molar-refractivity contribution >= 4 is 40.8 Å². The number of amides is 1. The molecule has 9 heteroatoms. The van der Waals surface area contributed by atoms with Gasteiger partial charge in [0.1, 0.15) is 29.7 Å². The summed E-state index contributed by atoms with van der Waals surface area (Å²) in [6.45, 7) is 6.38. The third-order valence-corrected chi connectivity index (χ3v) is 7.99. The van der Waals surface area contributed by atoms with Gasteiger partial charge in [0.25, 0.3) is 0 Å². The summed E-state index contributed by atoms with van der Waals surface area (Å²) in [5.74, 6) is 3.30. The van der Waals surface area contributed by atoms with Gasteiger partial charge < -0.3 is 15.0 Å². The lowest BCUT2D eigenvalue weighted by Gasteiger charge is -2.47. The topological polar surface area (TPSA) is 70.6 Å². The van der Waals surface area contributed by atoms with Gasteiger partial charge in [0, 0.05) is 31.3 Å². The molecule has 7 nitrogen and oxygen atoms in total. The summed E-state index contributed by atoms with van der Waals surface area (Å²) < 4.78 is 6.08. The molecule has 1 N–H and O–H groups in total. The van der Waals surface area contributed by atoms with Crippen LogP contribution in [0.1, 0.15) is 41.9 Å². The molecule has 0 spiro atoms. The summed E-state index contributed by atoms with van der Waals surface area (Å²) in [6.07, 6.45) is 6.44. The zero-order chi connectivity index (χ0) is 22.9. The van der Waals surface area contributed by atoms with E-state index in [0.29, 0.717) is 41.9 Å². The van der Waals surface area contributed by atoms with Crippen molar-refractivity contribution in [1.82, 2.24) is 19.8 Å². The lowest BCUT2D eigenvalue weighted by molar-refractivity contribution is -0.138. The van der Waals surface area contributed by atoms with Crippen LogP contribution in [0.15, 0.2) is 18.5 Å². The number of thioether (sulfide) groups is 1. The van der Waals surface area contributed by atoms with E-state index in [0.717, 1.165) is 67.3 Å². The Morgan fingerprint density at radius 3 is 2.82 bits per heavy atom. The quantitative estimate of drug-likeness (QED) is 0.633. The fraction of sp³-hybridized carbons (Fsp3) is 0.542. The lowest BCUT2D eigenvalue weighted by atomic mass is 9.87. The predicted molar refractivity (Wildman–Crippen MR) is 133 cm³/mol. The van der Waals surface area contributed by atoms with Crippen LogP contribution in [0.25, 0.3) is 0 Å². The lowest BCUT2D eigenvalue weighted by Crippen LogP contribution is -2.62. The first-order chi connectivity index (χ1) is 16.0. The Kier molecular flexibility index (Phi) is 6.67. The van der Waals surface area contributed by atoms with E-state index in [-0.39, 0.29) is 0 Å². The van der Waals surface area contributed by atoms with E-state index in [2.05, 4.69) is 39.2 Å². The number of nitrogens with one attached hydrogen (secondary N) is 1. The summed E-state index contributed by atoms with van der Waals surface area (Å²) >= 11 is 7.99. The summed E-state index contributed by atoms with van der Waals surface area (Å²) in [7, 11) is 0. The summed E-state index contributed by atoms with van der Waals surface area (Å²) in [5, 5.41) is 3.85. The molecule has 33 heavy (non-hydrogen) atoms. The monoisotopic (exact) mass is 487 g/mol. The third kappa shape index (κ3) is 4.66. The highest BCUT2D eigenvalue weighted by Gasteiger charge is 2.36. The molecule has 2 saturated heterocycles. The Morgan fingerprint density at radius 2 is 2.06 bits per heavy atom. The zero-order valence-corrected chi connectivity index (χ0v) is 20.7. The second-order valence-corrected chi connectivity index (χ2v) is 10.5. The van der Waals surface area contributed by atoms with E-state index in [9.17, 15) is 4.79 Å². The molecule has 0 unspecified atom stereocenters. The second-order valence-electron chi connectivity index (χ2n) is 9.13. The Morgan fingerprint density at radius 1 is 1.27 bits per heavy atom. The first-order valence-corrected chi connectivity index (χ1v) is 13.3. The molecule has 2 fully saturated rings. The normalized spacial score (nSPS) is 19.1. The molecule has 1 amide bonds. The highest BCUT2D eigenvalue weighted by molar-refractivity contribution is 7.98. The minimum atomic E-state index is 0.304. The number of aromatic nitrogens is 2. The second kappa shape index (κ2) is 9.68. The number of benzene rings is 1. The first-order valence-electron chi connectivity index (χ1n) is 11.6. The van der Waals surface area contributed by atoms with Gasteiger partial charge in [-0.25, -0.2) is 9.97 Å². The van der Waals surface area contributed by atoms with Crippen LogP contribution in [0.3, 0.4) is 0 Å². The maximum Gasteiger partial charge on any atom is 0.223 e. The highest BCUT2D eigenvalue weighted by Crippen LogP contribution is 2.41. The number of hydrogen-bond acceptors (Lipinski definition) is 7. The minimum absolute atomic E-state index is 0.304. The van der Waals surface area contributed by atoms with E-state index in [1.807, 2.05) is 11.2 Å². The van der Waals surface area contributed by atoms with Crippen LogP contribution in [0, 0.1) is 6.92 Å². The minimum Gasteiger partial charge on any atom is -0.486 e. The first kappa shape index (κ1) is 22.7. The number of carbonyl (C=O) groups excluding carboxylic acids is 1. The fourth-order valence-electron chi connectivity index (χ4n) is 5.06. The molecule has 0 saturated carbocycles. The molecule has 1 aromatic carbocycles. The van der Waals surface area contributed by atoms with Crippen molar-refractivity contribution in [2.75, 3.05) is 43.5 Å². The van der Waals surface area contributed by atoms with Gasteiger partial charge in [-0.15, -0.1) is 0 Å². The summed E-state index contributed by atoms with van der Waals surface area (Å²) in [4.78, 5) is 25.2. The smallest absolute Gasteiger partial charge is 0.223 e. The van der Waals surface area contributed by atoms with E-state index in [4.69, 9.17) is 16.3 Å². The number of ether oxygens (including phenoxy) is 1. The molecule has 2 aromatic rings. The number of piperidine rings is 1. The van der Waals surface area contributed by atoms with Crippen molar-refractivity contribution in [2.45, 2.75) is 44.8 Å². The van der Waals surface area contributed by atoms with Crippen LogP contribution in [0.4, 0.5) is 11.5 Å². The van der Waals surface area contributed by atoms with Gasteiger partial charge in [0.2, 0.25) is 5.91 Å². The molecule has 1 aromatic heterocycles. The molecule has 3 aliphatic rings. The van der Waals surface area contributed by atoms with Gasteiger partial charge >= 0.3 is 0 Å². The molecule has 0 bridgehead atoms. The average Bonchev–Trinajstić information content (AvgIpc) is 2.97. The molecular formula is C24H30ClN5O2S. The van der Waals surface area contributed by atoms with Crippen LogP contribution in [0.2, 0.25) is 5.15 Å². The molecule has 176 valence electrons. The van der Waals surface area contributed by atoms with Gasteiger partial charge in [-0.05, 0) is 62.2 Å². The van der Waals surface area contributed by atoms with Crippen molar-refractivity contribution in [3.63, 3.8) is 0 Å². The van der Waals surface area contributed by atoms with Crippen molar-refractivity contribution < 1.29 is 9.53 Å². The van der Waals surface area contributed by atoms with Crippen molar-refractivity contribution in [3.8, 4) is 5.75 Å². The summed E-state index contributed by atoms with van der Waals surface area (Å²) in [5.41, 5.74) is 4.19. The molecule has 3 aliphatic heterocycles. The van der Waals surface area contributed by atoms with E-state index in [1.165, 1.54) is 11.9 Å². The predicted octanol–water partition coefficient (Wildman–Crippen LogP) is 4.22. The molecule has 4 heterocycles. The molecular weight excluding hydrogens is 458 g/mol. The van der Waals surface area contributed by atoms with Crippen LogP contribution in [-0.4, -0.2) is 69.9 Å². The van der Waals surface area contributed by atoms with Gasteiger partial charge in [-0.2, -0.15) is 11.8 Å². The van der Waals surface area contributed by atoms with E-state index >= 15 is 0 Å². The number of hydrogen-bond donors (Lipinski definition) is 1. The number of likely N-dealkylation sites (tertiary alicyclic amines) is 2. The van der Waals surface area contributed by atoms with Gasteiger partial charge in [-0.1, -0.05) is 17.7 Å². The zero-order valence-electron chi connectivity index (χ0n) is 19.1. The number of anilines is 2. The molecule has 0 radical (unpaired) electrons. The molecule has 0 aliphatic carbocycles. The summed E-state index contributed by atoms with van der Waals surface area (Å²) in [6, 6.07) is 5.00. The van der Waals surface area contributed by atoms with E-state index in [1.54, 1.807) is 11.8 Å². The number of fused-ring (bicyclic) bond motifs is 2. The van der Waals surface area contributed by atoms with Crippen molar-refractivity contribution in [1.29, 1.82) is 0 Å². The maximum atomic E-state index is 12.2.